The maximum Gasteiger partial charge on any atom is 0.409 e. The lowest BCUT2D eigenvalue weighted by atomic mass is 9.72. The van der Waals surface area contributed by atoms with E-state index in [2.05, 4.69) is 26.2 Å². The van der Waals surface area contributed by atoms with Gasteiger partial charge in [0.1, 0.15) is 0 Å². The summed E-state index contributed by atoms with van der Waals surface area (Å²) in [7, 11) is 0. The van der Waals surface area contributed by atoms with Gasteiger partial charge in [-0.15, -0.1) is 11.3 Å². The van der Waals surface area contributed by atoms with E-state index in [1.54, 1.807) is 16.2 Å². The van der Waals surface area contributed by atoms with Gasteiger partial charge in [-0.05, 0) is 43.1 Å². The van der Waals surface area contributed by atoms with Crippen molar-refractivity contribution in [3.05, 3.63) is 21.4 Å². The van der Waals surface area contributed by atoms with Crippen LogP contribution in [-0.2, 0) is 17.6 Å². The second kappa shape index (κ2) is 7.59. The Morgan fingerprint density at radius 3 is 2.46 bits per heavy atom. The lowest BCUT2D eigenvalue weighted by Crippen LogP contribution is -2.50. The zero-order valence-electron chi connectivity index (χ0n) is 16.3. The molecule has 1 aromatic heterocycles. The largest absolute Gasteiger partial charge is 0.450 e. The summed E-state index contributed by atoms with van der Waals surface area (Å²) in [4.78, 5) is 29.8. The molecule has 0 N–H and O–H groups in total. The zero-order valence-corrected chi connectivity index (χ0v) is 17.2. The van der Waals surface area contributed by atoms with Gasteiger partial charge >= 0.3 is 6.09 Å². The number of hydrogen-bond donors (Lipinski definition) is 0. The molecule has 26 heavy (non-hydrogen) atoms. The summed E-state index contributed by atoms with van der Waals surface area (Å²) in [6.07, 6.45) is 2.98. The van der Waals surface area contributed by atoms with Crippen LogP contribution in [0.5, 0.6) is 0 Å². The van der Waals surface area contributed by atoms with Crippen molar-refractivity contribution in [2.24, 2.45) is 11.3 Å². The summed E-state index contributed by atoms with van der Waals surface area (Å²) < 4.78 is 5.05. The third kappa shape index (κ3) is 3.90. The quantitative estimate of drug-likeness (QED) is 0.786. The minimum atomic E-state index is -0.277. The van der Waals surface area contributed by atoms with Gasteiger partial charge in [-0.3, -0.25) is 4.79 Å². The van der Waals surface area contributed by atoms with Gasteiger partial charge in [-0.2, -0.15) is 0 Å². The molecule has 1 fully saturated rings. The summed E-state index contributed by atoms with van der Waals surface area (Å²) >= 11 is 1.74. The van der Waals surface area contributed by atoms with E-state index in [9.17, 15) is 9.59 Å². The van der Waals surface area contributed by atoms with Crippen molar-refractivity contribution >= 4 is 23.3 Å². The van der Waals surface area contributed by atoms with Crippen LogP contribution in [0.2, 0.25) is 0 Å². The van der Waals surface area contributed by atoms with Crippen molar-refractivity contribution in [1.29, 1.82) is 0 Å². The van der Waals surface area contributed by atoms with Gasteiger partial charge in [0.05, 0.1) is 12.2 Å². The molecule has 0 saturated carbocycles. The highest BCUT2D eigenvalue weighted by Crippen LogP contribution is 2.40. The van der Waals surface area contributed by atoms with Crippen LogP contribution in [0, 0.1) is 11.3 Å². The minimum absolute atomic E-state index is 0.125. The van der Waals surface area contributed by atoms with E-state index in [0.717, 1.165) is 24.8 Å². The third-order valence-corrected chi connectivity index (χ3v) is 6.75. The van der Waals surface area contributed by atoms with Crippen LogP contribution in [0.1, 0.15) is 54.9 Å². The summed E-state index contributed by atoms with van der Waals surface area (Å²) in [6, 6.07) is 0. The number of nitrogens with zero attached hydrogens (tertiary/aromatic N) is 2. The molecule has 2 aliphatic rings. The van der Waals surface area contributed by atoms with Crippen molar-refractivity contribution in [2.75, 3.05) is 32.8 Å². The first-order valence-electron chi connectivity index (χ1n) is 9.61. The molecule has 0 spiro atoms. The van der Waals surface area contributed by atoms with E-state index in [4.69, 9.17) is 4.74 Å². The first kappa shape index (κ1) is 19.2. The van der Waals surface area contributed by atoms with Crippen molar-refractivity contribution in [3.63, 3.8) is 0 Å². The number of piperazine rings is 1. The summed E-state index contributed by atoms with van der Waals surface area (Å²) in [6.45, 7) is 11.4. The first-order chi connectivity index (χ1) is 12.3. The van der Waals surface area contributed by atoms with Crippen LogP contribution < -0.4 is 0 Å². The maximum atomic E-state index is 13.0. The molecule has 2 amide bonds. The van der Waals surface area contributed by atoms with E-state index in [-0.39, 0.29) is 12.0 Å². The third-order valence-electron chi connectivity index (χ3n) is 5.70. The molecular formula is C20H30N2O3S. The number of carbonyl (C=O) groups excluding carboxylic acids is 2. The molecule has 3 rings (SSSR count). The van der Waals surface area contributed by atoms with Gasteiger partial charge in [-0.1, -0.05) is 20.8 Å². The second-order valence-electron chi connectivity index (χ2n) is 8.34. The van der Waals surface area contributed by atoms with E-state index in [1.165, 1.54) is 10.4 Å². The van der Waals surface area contributed by atoms with Crippen molar-refractivity contribution in [3.8, 4) is 0 Å². The highest BCUT2D eigenvalue weighted by Gasteiger charge is 2.33. The molecule has 1 aromatic rings. The van der Waals surface area contributed by atoms with Crippen LogP contribution in [0.15, 0.2) is 5.38 Å². The van der Waals surface area contributed by atoms with E-state index >= 15 is 0 Å². The Kier molecular flexibility index (Phi) is 5.61. The van der Waals surface area contributed by atoms with Gasteiger partial charge in [-0.25, -0.2) is 4.79 Å². The Bertz CT molecular complexity index is 669. The molecule has 1 saturated heterocycles. The lowest BCUT2D eigenvalue weighted by molar-refractivity contribution is 0.0569. The highest BCUT2D eigenvalue weighted by molar-refractivity contribution is 7.10. The molecule has 0 bridgehead atoms. The number of carbonyl (C=O) groups is 2. The molecule has 1 aliphatic heterocycles. The standard InChI is InChI=1S/C20H30N2O3S/c1-5-25-19(24)22-10-8-21(9-11-22)18(23)16-13-26-17-12-14(20(2,3)4)6-7-15(16)17/h13-14H,5-12H2,1-4H3. The Hall–Kier alpha value is -1.56. The van der Waals surface area contributed by atoms with Gasteiger partial charge in [0, 0.05) is 36.4 Å². The van der Waals surface area contributed by atoms with Gasteiger partial charge < -0.3 is 14.5 Å². The average molecular weight is 379 g/mol. The normalized spacial score (nSPS) is 20.7. The second-order valence-corrected chi connectivity index (χ2v) is 9.30. The molecule has 5 nitrogen and oxygen atoms in total. The molecule has 1 atom stereocenters. The van der Waals surface area contributed by atoms with Gasteiger partial charge in [0.25, 0.3) is 5.91 Å². The minimum Gasteiger partial charge on any atom is -0.450 e. The molecular weight excluding hydrogens is 348 g/mol. The topological polar surface area (TPSA) is 49.9 Å². The molecule has 6 heteroatoms. The average Bonchev–Trinajstić information content (AvgIpc) is 3.04. The predicted molar refractivity (Wildman–Crippen MR) is 104 cm³/mol. The Balaban J connectivity index is 1.64. The van der Waals surface area contributed by atoms with E-state index < -0.39 is 0 Å². The fourth-order valence-corrected chi connectivity index (χ4v) is 5.06. The monoisotopic (exact) mass is 378 g/mol. The molecule has 1 unspecified atom stereocenters. The molecule has 0 aromatic carbocycles. The summed E-state index contributed by atoms with van der Waals surface area (Å²) in [5.74, 6) is 0.810. The fourth-order valence-electron chi connectivity index (χ4n) is 3.91. The van der Waals surface area contributed by atoms with Gasteiger partial charge in [0.15, 0.2) is 0 Å². The Morgan fingerprint density at radius 2 is 1.85 bits per heavy atom. The van der Waals surface area contributed by atoms with Crippen molar-refractivity contribution in [2.45, 2.75) is 47.0 Å². The van der Waals surface area contributed by atoms with E-state index in [1.807, 2.05) is 11.8 Å². The number of fused-ring (bicyclic) bond motifs is 1. The van der Waals surface area contributed by atoms with Crippen LogP contribution >= 0.6 is 11.3 Å². The molecule has 1 aliphatic carbocycles. The number of rotatable bonds is 2. The molecule has 0 radical (unpaired) electrons. The van der Waals surface area contributed by atoms with Crippen molar-refractivity contribution in [1.82, 2.24) is 9.80 Å². The van der Waals surface area contributed by atoms with Crippen molar-refractivity contribution < 1.29 is 14.3 Å². The highest BCUT2D eigenvalue weighted by atomic mass is 32.1. The number of hydrogen-bond acceptors (Lipinski definition) is 4. The van der Waals surface area contributed by atoms with Crippen LogP contribution in [0.25, 0.3) is 0 Å². The fraction of sp³-hybridized carbons (Fsp3) is 0.700. The van der Waals surface area contributed by atoms with Crippen LogP contribution in [-0.4, -0.2) is 54.6 Å². The molecule has 144 valence electrons. The van der Waals surface area contributed by atoms with Crippen LogP contribution in [0.4, 0.5) is 4.79 Å². The Morgan fingerprint density at radius 1 is 1.19 bits per heavy atom. The zero-order chi connectivity index (χ0) is 18.9. The maximum absolute atomic E-state index is 13.0. The van der Waals surface area contributed by atoms with Crippen LogP contribution in [0.3, 0.4) is 0 Å². The predicted octanol–water partition coefficient (Wildman–Crippen LogP) is 3.81. The summed E-state index contributed by atoms with van der Waals surface area (Å²) in [5, 5.41) is 2.05. The summed E-state index contributed by atoms with van der Waals surface area (Å²) in [5.41, 5.74) is 2.48. The Labute approximate surface area is 160 Å². The first-order valence-corrected chi connectivity index (χ1v) is 10.5. The van der Waals surface area contributed by atoms with Gasteiger partial charge in [0.2, 0.25) is 0 Å². The smallest absolute Gasteiger partial charge is 0.409 e. The SMILES string of the molecule is CCOC(=O)N1CCN(C(=O)c2csc3c2CCC(C(C)(C)C)C3)CC1. The molecule has 2 heterocycles. The lowest BCUT2D eigenvalue weighted by Gasteiger charge is -2.35. The van der Waals surface area contributed by atoms with E-state index in [0.29, 0.717) is 44.1 Å². The number of thiophene rings is 1. The number of amides is 2. The number of ether oxygens (including phenoxy) is 1.